The fourth-order valence-electron chi connectivity index (χ4n) is 9.50. The van der Waals surface area contributed by atoms with Crippen molar-refractivity contribution in [3.63, 3.8) is 0 Å². The molecule has 50 heavy (non-hydrogen) atoms. The maximum absolute atomic E-state index is 12.8. The molecule has 0 aromatic heterocycles. The van der Waals surface area contributed by atoms with Gasteiger partial charge < -0.3 is 19.6 Å². The van der Waals surface area contributed by atoms with Gasteiger partial charge in [0, 0.05) is 12.1 Å². The summed E-state index contributed by atoms with van der Waals surface area (Å²) in [6, 6.07) is 1.19. The van der Waals surface area contributed by atoms with Gasteiger partial charge in [0.15, 0.2) is 0 Å². The molecule has 0 bridgehead atoms. The van der Waals surface area contributed by atoms with Gasteiger partial charge in [-0.15, -0.1) is 0 Å². The standard InChI is InChI=1S/C45H82N2O3/c1-7-10-30-46(6)38-26-28-40-42(33-37(45(48)49)25-23-21-19-17-15-13-14-16-18-20-22-24-36(4)5)41-29-27-39(35-44(41)50-43(40)34-38)47(31-11-8-2)32-12-9-3/h21,23,36-41,43-44H,7-20,22,24-35H2,1-6H3/p+1/b23-21+. The predicted molar refractivity (Wildman–Crippen MR) is 214 cm³/mol. The van der Waals surface area contributed by atoms with Crippen LogP contribution in [0.15, 0.2) is 12.2 Å². The van der Waals surface area contributed by atoms with Crippen LogP contribution in [0.4, 0.5) is 0 Å². The first-order valence-corrected chi connectivity index (χ1v) is 22.1. The average Bonchev–Trinajstić information content (AvgIpc) is 3.10. The largest absolute Gasteiger partial charge is 0.481 e. The van der Waals surface area contributed by atoms with Crippen LogP contribution in [0.2, 0.25) is 0 Å². The number of carboxylic acids is 1. The summed E-state index contributed by atoms with van der Waals surface area (Å²) in [7, 11) is 2.32. The van der Waals surface area contributed by atoms with Crippen molar-refractivity contribution in [2.24, 2.45) is 23.7 Å². The lowest BCUT2D eigenvalue weighted by atomic mass is 9.61. The molecule has 5 heteroatoms. The van der Waals surface area contributed by atoms with E-state index in [1.807, 2.05) is 0 Å². The van der Waals surface area contributed by atoms with Crippen LogP contribution in [-0.2, 0) is 9.53 Å². The number of hydrogen-bond donors (Lipinski definition) is 1. The molecule has 1 saturated heterocycles. The number of nitrogens with zero attached hydrogens (tertiary/aromatic N) is 2. The molecule has 5 nitrogen and oxygen atoms in total. The molecular weight excluding hydrogens is 617 g/mol. The molecule has 1 aliphatic heterocycles. The van der Waals surface area contributed by atoms with Crippen molar-refractivity contribution in [1.82, 2.24) is 9.80 Å². The minimum atomic E-state index is -0.609. The van der Waals surface area contributed by atoms with Crippen LogP contribution >= 0.6 is 0 Å². The van der Waals surface area contributed by atoms with Crippen LogP contribution in [0.1, 0.15) is 189 Å². The van der Waals surface area contributed by atoms with Gasteiger partial charge in [0.1, 0.15) is 42.3 Å². The Bertz CT molecular complexity index is 899. The third kappa shape index (κ3) is 15.1. The second-order valence-electron chi connectivity index (χ2n) is 17.3. The summed E-state index contributed by atoms with van der Waals surface area (Å²) in [5.41, 5.74) is 0. The summed E-state index contributed by atoms with van der Waals surface area (Å²) in [6.07, 6.45) is 34.2. The van der Waals surface area contributed by atoms with Gasteiger partial charge in [-0.25, -0.2) is 0 Å². The van der Waals surface area contributed by atoms with Crippen molar-refractivity contribution in [3.8, 4) is 0 Å². The van der Waals surface area contributed by atoms with Crippen LogP contribution in [-0.4, -0.2) is 71.8 Å². The van der Waals surface area contributed by atoms with Crippen molar-refractivity contribution in [2.45, 2.75) is 213 Å². The minimum absolute atomic E-state index is 0.248. The lowest BCUT2D eigenvalue weighted by Crippen LogP contribution is -2.56. The summed E-state index contributed by atoms with van der Waals surface area (Å²) in [5, 5.41) is 10.5. The van der Waals surface area contributed by atoms with E-state index in [1.165, 1.54) is 135 Å². The lowest BCUT2D eigenvalue weighted by Gasteiger charge is -2.49. The molecule has 3 aliphatic rings. The normalized spacial score (nSPS) is 26.2. The molecule has 0 spiro atoms. The number of aliphatic carboxylic acids is 1. The molecule has 2 saturated carbocycles. The third-order valence-corrected chi connectivity index (χ3v) is 12.8. The number of carboxylic acid groups (broad SMARTS) is 1. The van der Waals surface area contributed by atoms with E-state index in [9.17, 15) is 9.90 Å². The highest BCUT2D eigenvalue weighted by molar-refractivity contribution is 5.70. The van der Waals surface area contributed by atoms with Crippen LogP contribution in [0.5, 0.6) is 0 Å². The monoisotopic (exact) mass is 700 g/mol. The fourth-order valence-corrected chi connectivity index (χ4v) is 9.50. The van der Waals surface area contributed by atoms with E-state index in [2.05, 4.69) is 63.6 Å². The average molecular weight is 700 g/mol. The number of allylic oxidation sites excluding steroid dienone is 2. The number of unbranched alkanes of at least 4 members (excludes halogenated alkanes) is 11. The van der Waals surface area contributed by atoms with Crippen LogP contribution in [0.3, 0.4) is 0 Å². The molecule has 290 valence electrons. The Kier molecular flexibility index (Phi) is 21.7. The van der Waals surface area contributed by atoms with E-state index in [-0.39, 0.29) is 18.1 Å². The van der Waals surface area contributed by atoms with Gasteiger partial charge in [0.2, 0.25) is 0 Å². The fraction of sp³-hybridized carbons (Fsp3) is 0.911. The molecule has 7 atom stereocenters. The molecule has 3 rings (SSSR count). The number of rotatable bonds is 27. The van der Waals surface area contributed by atoms with Gasteiger partial charge in [-0.2, -0.15) is 0 Å². The molecule has 0 amide bonds. The second kappa shape index (κ2) is 25.1. The van der Waals surface area contributed by atoms with Gasteiger partial charge in [0.05, 0.1) is 0 Å². The van der Waals surface area contributed by atoms with E-state index in [1.54, 1.807) is 5.92 Å². The Morgan fingerprint density at radius 1 is 0.740 bits per heavy atom. The number of carbonyl (C=O) groups is 1. The van der Waals surface area contributed by atoms with E-state index in [0.717, 1.165) is 38.0 Å². The lowest BCUT2D eigenvalue weighted by molar-refractivity contribution is -0.153. The van der Waals surface area contributed by atoms with Crippen molar-refractivity contribution in [3.05, 3.63) is 18.1 Å². The highest BCUT2D eigenvalue weighted by atomic mass is 16.5. The van der Waals surface area contributed by atoms with Crippen LogP contribution in [0, 0.1) is 29.6 Å². The predicted octanol–water partition coefficient (Wildman–Crippen LogP) is 11.9. The molecule has 2 aliphatic carbocycles. The van der Waals surface area contributed by atoms with Crippen molar-refractivity contribution in [2.75, 3.05) is 26.7 Å². The maximum Gasteiger partial charge on any atom is 0.311 e. The van der Waals surface area contributed by atoms with E-state index < -0.39 is 5.97 Å². The summed E-state index contributed by atoms with van der Waals surface area (Å²) < 4.78 is 7.19. The molecule has 7 unspecified atom stereocenters. The van der Waals surface area contributed by atoms with Crippen molar-refractivity contribution in [1.29, 1.82) is 0 Å². The summed E-state index contributed by atoms with van der Waals surface area (Å²) in [5.74, 6) is 2.36. The van der Waals surface area contributed by atoms with E-state index in [4.69, 9.17) is 4.74 Å². The first-order chi connectivity index (χ1) is 24.3. The third-order valence-electron chi connectivity index (χ3n) is 12.8. The molecular formula is C45H83N2O3+. The Balaban J connectivity index is 1.58. The van der Waals surface area contributed by atoms with Crippen LogP contribution < -0.4 is 0 Å². The highest BCUT2D eigenvalue weighted by Gasteiger charge is 2.58. The second-order valence-corrected chi connectivity index (χ2v) is 17.3. The topological polar surface area (TPSA) is 53.0 Å². The van der Waals surface area contributed by atoms with Crippen molar-refractivity contribution >= 4 is 5.97 Å². The summed E-state index contributed by atoms with van der Waals surface area (Å²) >= 11 is 0. The molecule has 3 fully saturated rings. The minimum Gasteiger partial charge on any atom is -0.481 e. The van der Waals surface area contributed by atoms with Crippen molar-refractivity contribution < 1.29 is 14.6 Å². The molecule has 0 aromatic rings. The van der Waals surface area contributed by atoms with Gasteiger partial charge in [-0.3, -0.25) is 4.79 Å². The smallest absolute Gasteiger partial charge is 0.311 e. The Morgan fingerprint density at radius 2 is 1.28 bits per heavy atom. The van der Waals surface area contributed by atoms with E-state index >= 15 is 0 Å². The SMILES string of the molecule is CCCCN(C)C1CCC2[C+](CC(C/C=C/CCCCCCCCCCC(C)C)C(=O)O)C3CCC(N(CCCC)CCCC)CC3OC2C1. The highest BCUT2D eigenvalue weighted by Crippen LogP contribution is 2.52. The Morgan fingerprint density at radius 3 is 1.86 bits per heavy atom. The number of fused-ring (bicyclic) bond motifs is 2. The molecule has 1 heterocycles. The zero-order valence-electron chi connectivity index (χ0n) is 34.0. The van der Waals surface area contributed by atoms with Gasteiger partial charge in [-0.1, -0.05) is 117 Å². The number of ether oxygens (including phenoxy) is 1. The quantitative estimate of drug-likeness (QED) is 0.0525. The number of hydrogen-bond acceptors (Lipinski definition) is 4. The zero-order chi connectivity index (χ0) is 36.1. The molecule has 0 radical (unpaired) electrons. The maximum atomic E-state index is 12.8. The van der Waals surface area contributed by atoms with Crippen LogP contribution in [0.25, 0.3) is 0 Å². The first kappa shape index (κ1) is 43.4. The van der Waals surface area contributed by atoms with Gasteiger partial charge in [-0.05, 0) is 110 Å². The Labute approximate surface area is 311 Å². The summed E-state index contributed by atoms with van der Waals surface area (Å²) in [4.78, 5) is 18.1. The molecule has 0 aromatic carbocycles. The van der Waals surface area contributed by atoms with Gasteiger partial charge >= 0.3 is 5.97 Å². The first-order valence-electron chi connectivity index (χ1n) is 22.1. The molecule has 1 N–H and O–H groups in total. The Hall–Kier alpha value is -1.04. The van der Waals surface area contributed by atoms with E-state index in [0.29, 0.717) is 30.3 Å². The zero-order valence-corrected chi connectivity index (χ0v) is 34.0. The van der Waals surface area contributed by atoms with Gasteiger partial charge in [0.25, 0.3) is 0 Å². The summed E-state index contributed by atoms with van der Waals surface area (Å²) in [6.45, 7) is 15.1.